The fourth-order valence-corrected chi connectivity index (χ4v) is 4.05. The maximum absolute atomic E-state index is 3.55. The molecule has 2 aliphatic carbocycles. The first-order chi connectivity index (χ1) is 7.86. The molecular formula is C15H29N. The summed E-state index contributed by atoms with van der Waals surface area (Å²) < 4.78 is 0. The molecule has 1 N–H and O–H groups in total. The highest BCUT2D eigenvalue weighted by Gasteiger charge is 2.40. The van der Waals surface area contributed by atoms with Gasteiger partial charge in [-0.05, 0) is 56.0 Å². The quantitative estimate of drug-likeness (QED) is 0.747. The van der Waals surface area contributed by atoms with Crippen molar-refractivity contribution in [1.82, 2.24) is 5.32 Å². The van der Waals surface area contributed by atoms with E-state index in [4.69, 9.17) is 0 Å². The zero-order valence-electron chi connectivity index (χ0n) is 11.2. The van der Waals surface area contributed by atoms with Crippen molar-refractivity contribution in [2.45, 2.75) is 58.8 Å². The van der Waals surface area contributed by atoms with Gasteiger partial charge in [-0.3, -0.25) is 0 Å². The van der Waals surface area contributed by atoms with E-state index >= 15 is 0 Å². The van der Waals surface area contributed by atoms with Crippen molar-refractivity contribution in [2.75, 3.05) is 13.1 Å². The van der Waals surface area contributed by atoms with Gasteiger partial charge < -0.3 is 5.32 Å². The molecule has 16 heavy (non-hydrogen) atoms. The molecule has 0 aromatic rings. The van der Waals surface area contributed by atoms with Gasteiger partial charge in [-0.2, -0.15) is 0 Å². The molecule has 0 aliphatic heterocycles. The lowest BCUT2D eigenvalue weighted by Crippen LogP contribution is -2.42. The molecular weight excluding hydrogens is 194 g/mol. The summed E-state index contributed by atoms with van der Waals surface area (Å²) in [5.41, 5.74) is 0. The minimum absolute atomic E-state index is 1.01. The number of rotatable bonds is 5. The third kappa shape index (κ3) is 2.61. The molecule has 2 aliphatic rings. The summed E-state index contributed by atoms with van der Waals surface area (Å²) >= 11 is 0. The minimum Gasteiger partial charge on any atom is -0.317 e. The van der Waals surface area contributed by atoms with Crippen LogP contribution in [0.2, 0.25) is 0 Å². The number of nitrogens with one attached hydrogen (secondary N) is 1. The van der Waals surface area contributed by atoms with Gasteiger partial charge in [0, 0.05) is 0 Å². The van der Waals surface area contributed by atoms with Crippen LogP contribution in [0.5, 0.6) is 0 Å². The Labute approximate surface area is 101 Å². The molecule has 0 bridgehead atoms. The van der Waals surface area contributed by atoms with Crippen LogP contribution in [0.25, 0.3) is 0 Å². The molecule has 0 aromatic heterocycles. The average molecular weight is 223 g/mol. The molecule has 4 unspecified atom stereocenters. The van der Waals surface area contributed by atoms with E-state index < -0.39 is 0 Å². The predicted molar refractivity (Wildman–Crippen MR) is 70.5 cm³/mol. The van der Waals surface area contributed by atoms with Gasteiger partial charge >= 0.3 is 0 Å². The SMILES string of the molecule is CCNCC1CCC1C1CCCCC1CC. The Kier molecular flexibility index (Phi) is 4.69. The standard InChI is InChI=1S/C15H29N/c1-3-12-7-5-6-8-14(12)15-10-9-13(15)11-16-4-2/h12-16H,3-11H2,1-2H3. The lowest BCUT2D eigenvalue weighted by molar-refractivity contribution is 0.0397. The summed E-state index contributed by atoms with van der Waals surface area (Å²) in [5.74, 6) is 4.22. The second-order valence-corrected chi connectivity index (χ2v) is 5.93. The van der Waals surface area contributed by atoms with Crippen molar-refractivity contribution in [3.8, 4) is 0 Å². The molecule has 2 rings (SSSR count). The van der Waals surface area contributed by atoms with Crippen molar-refractivity contribution in [1.29, 1.82) is 0 Å². The van der Waals surface area contributed by atoms with E-state index in [2.05, 4.69) is 19.2 Å². The molecule has 0 aromatic carbocycles. The van der Waals surface area contributed by atoms with Crippen LogP contribution in [-0.2, 0) is 0 Å². The van der Waals surface area contributed by atoms with Crippen molar-refractivity contribution in [2.24, 2.45) is 23.7 Å². The molecule has 1 heteroatoms. The highest BCUT2D eigenvalue weighted by molar-refractivity contribution is 4.91. The third-order valence-electron chi connectivity index (χ3n) is 5.18. The van der Waals surface area contributed by atoms with E-state index in [1.54, 1.807) is 0 Å². The second kappa shape index (κ2) is 6.05. The van der Waals surface area contributed by atoms with Crippen LogP contribution < -0.4 is 5.32 Å². The second-order valence-electron chi connectivity index (χ2n) is 5.93. The zero-order valence-corrected chi connectivity index (χ0v) is 11.2. The van der Waals surface area contributed by atoms with Gasteiger partial charge in [0.2, 0.25) is 0 Å². The molecule has 94 valence electrons. The highest BCUT2D eigenvalue weighted by Crippen LogP contribution is 2.48. The summed E-state index contributed by atoms with van der Waals surface area (Å²) in [4.78, 5) is 0. The molecule has 0 amide bonds. The number of hydrogen-bond donors (Lipinski definition) is 1. The van der Waals surface area contributed by atoms with Crippen LogP contribution >= 0.6 is 0 Å². The lowest BCUT2D eigenvalue weighted by Gasteiger charge is -2.47. The molecule has 0 saturated heterocycles. The van der Waals surface area contributed by atoms with Crippen LogP contribution in [0, 0.1) is 23.7 Å². The van der Waals surface area contributed by atoms with E-state index in [0.717, 1.165) is 30.2 Å². The van der Waals surface area contributed by atoms with E-state index in [9.17, 15) is 0 Å². The van der Waals surface area contributed by atoms with E-state index in [-0.39, 0.29) is 0 Å². The monoisotopic (exact) mass is 223 g/mol. The normalized spacial score (nSPS) is 39.4. The van der Waals surface area contributed by atoms with Crippen molar-refractivity contribution < 1.29 is 0 Å². The van der Waals surface area contributed by atoms with Crippen LogP contribution in [0.15, 0.2) is 0 Å². The Morgan fingerprint density at radius 1 is 0.875 bits per heavy atom. The van der Waals surface area contributed by atoms with Crippen LogP contribution in [-0.4, -0.2) is 13.1 Å². The minimum atomic E-state index is 1.01. The van der Waals surface area contributed by atoms with E-state index in [0.29, 0.717) is 0 Å². The largest absolute Gasteiger partial charge is 0.317 e. The molecule has 2 saturated carbocycles. The molecule has 0 radical (unpaired) electrons. The van der Waals surface area contributed by atoms with Gasteiger partial charge in [0.05, 0.1) is 0 Å². The van der Waals surface area contributed by atoms with Crippen LogP contribution in [0.1, 0.15) is 58.8 Å². The first-order valence-corrected chi connectivity index (χ1v) is 7.57. The summed E-state index contributed by atoms with van der Waals surface area (Å²) in [6.45, 7) is 7.06. The van der Waals surface area contributed by atoms with Gasteiger partial charge in [0.1, 0.15) is 0 Å². The zero-order chi connectivity index (χ0) is 11.4. The third-order valence-corrected chi connectivity index (χ3v) is 5.18. The maximum Gasteiger partial charge on any atom is -0.00179 e. The predicted octanol–water partition coefficient (Wildman–Crippen LogP) is 3.84. The summed E-state index contributed by atoms with van der Waals surface area (Å²) in [7, 11) is 0. The van der Waals surface area contributed by atoms with Crippen LogP contribution in [0.4, 0.5) is 0 Å². The molecule has 4 atom stereocenters. The molecule has 2 fully saturated rings. The Morgan fingerprint density at radius 2 is 1.62 bits per heavy atom. The molecule has 0 heterocycles. The van der Waals surface area contributed by atoms with E-state index in [1.165, 1.54) is 51.5 Å². The highest BCUT2D eigenvalue weighted by atomic mass is 14.9. The average Bonchev–Trinajstić information content (AvgIpc) is 2.29. The maximum atomic E-state index is 3.55. The van der Waals surface area contributed by atoms with Crippen molar-refractivity contribution in [3.05, 3.63) is 0 Å². The van der Waals surface area contributed by atoms with Gasteiger partial charge in [-0.15, -0.1) is 0 Å². The van der Waals surface area contributed by atoms with Crippen LogP contribution in [0.3, 0.4) is 0 Å². The fourth-order valence-electron chi connectivity index (χ4n) is 4.05. The summed E-state index contributed by atoms with van der Waals surface area (Å²) in [6.07, 6.45) is 10.5. The Balaban J connectivity index is 1.85. The summed E-state index contributed by atoms with van der Waals surface area (Å²) in [5, 5.41) is 3.55. The first-order valence-electron chi connectivity index (χ1n) is 7.57. The van der Waals surface area contributed by atoms with Crippen molar-refractivity contribution in [3.63, 3.8) is 0 Å². The van der Waals surface area contributed by atoms with Gasteiger partial charge in [-0.25, -0.2) is 0 Å². The molecule has 1 nitrogen and oxygen atoms in total. The smallest absolute Gasteiger partial charge is 0.00179 e. The van der Waals surface area contributed by atoms with E-state index in [1.807, 2.05) is 0 Å². The Bertz CT molecular complexity index is 202. The fraction of sp³-hybridized carbons (Fsp3) is 1.00. The molecule has 0 spiro atoms. The number of hydrogen-bond acceptors (Lipinski definition) is 1. The Morgan fingerprint density at radius 3 is 2.25 bits per heavy atom. The lowest BCUT2D eigenvalue weighted by atomic mass is 9.59. The van der Waals surface area contributed by atoms with Gasteiger partial charge in [0.15, 0.2) is 0 Å². The summed E-state index contributed by atoms with van der Waals surface area (Å²) in [6, 6.07) is 0. The Hall–Kier alpha value is -0.0400. The van der Waals surface area contributed by atoms with Crippen molar-refractivity contribution >= 4 is 0 Å². The first kappa shape index (κ1) is 12.4. The van der Waals surface area contributed by atoms with Gasteiger partial charge in [0.25, 0.3) is 0 Å². The van der Waals surface area contributed by atoms with Gasteiger partial charge in [-0.1, -0.05) is 39.5 Å². The topological polar surface area (TPSA) is 12.0 Å².